The molecule has 0 aliphatic carbocycles. The van der Waals surface area contributed by atoms with E-state index in [1.165, 1.54) is 25.3 Å². The molecular formula is C22H18N4O3. The number of benzene rings is 3. The molecule has 29 heavy (non-hydrogen) atoms. The first-order valence-electron chi connectivity index (χ1n) is 8.70. The van der Waals surface area contributed by atoms with Crippen LogP contribution in [0.15, 0.2) is 72.4 Å². The molecule has 0 spiro atoms. The zero-order chi connectivity index (χ0) is 21.0. The number of carbonyl (C=O) groups excluding carboxylic acids is 2. The predicted molar refractivity (Wildman–Crippen MR) is 112 cm³/mol. The van der Waals surface area contributed by atoms with Crippen LogP contribution in [0.3, 0.4) is 0 Å². The molecule has 3 rings (SSSR count). The largest absolute Gasteiger partial charge is 0.507 e. The van der Waals surface area contributed by atoms with Gasteiger partial charge in [-0.3, -0.25) is 9.59 Å². The Morgan fingerprint density at radius 3 is 2.38 bits per heavy atom. The van der Waals surface area contributed by atoms with E-state index in [0.29, 0.717) is 22.4 Å². The van der Waals surface area contributed by atoms with Gasteiger partial charge in [-0.25, -0.2) is 4.90 Å². The number of aromatic hydroxyl groups is 1. The Bertz CT molecular complexity index is 1160. The van der Waals surface area contributed by atoms with Crippen LogP contribution in [0.5, 0.6) is 5.75 Å². The number of carbonyl (C=O) groups is 2. The van der Waals surface area contributed by atoms with Crippen LogP contribution in [0.4, 0.5) is 17.1 Å². The molecule has 3 aromatic carbocycles. The topological polar surface area (TPSA) is 119 Å². The number of imide groups is 1. The summed E-state index contributed by atoms with van der Waals surface area (Å²) in [6.45, 7) is 1.24. The summed E-state index contributed by atoms with van der Waals surface area (Å²) >= 11 is 0. The van der Waals surface area contributed by atoms with Gasteiger partial charge in [0.25, 0.3) is 5.91 Å². The van der Waals surface area contributed by atoms with Crippen LogP contribution in [0, 0.1) is 11.3 Å². The Balaban J connectivity index is 1.94. The minimum absolute atomic E-state index is 0.123. The number of hydrogen-bond donors (Lipinski definition) is 3. The Hall–Kier alpha value is -4.31. The highest BCUT2D eigenvalue weighted by Crippen LogP contribution is 2.30. The normalized spacial score (nSPS) is 11.0. The summed E-state index contributed by atoms with van der Waals surface area (Å²) in [5.41, 5.74) is 6.80. The molecule has 0 aliphatic heterocycles. The standard InChI is InChI=1S/C22H18N4O3/c1-14(27)26(17-10-8-16(24)9-11-17)22(29)15(12-23)13-25-20-6-2-5-19-18(20)4-3-7-21(19)28/h2-11,13,25,28H,24H2,1H3/b15-13-. The number of anilines is 3. The first-order chi connectivity index (χ1) is 13.9. The second-order valence-electron chi connectivity index (χ2n) is 6.24. The number of phenolic OH excluding ortho intramolecular Hbond substituents is 1. The van der Waals surface area contributed by atoms with Gasteiger partial charge >= 0.3 is 0 Å². The Kier molecular flexibility index (Phi) is 5.47. The average Bonchev–Trinajstić information content (AvgIpc) is 2.70. The molecule has 7 nitrogen and oxygen atoms in total. The van der Waals surface area contributed by atoms with Crippen LogP contribution in [-0.4, -0.2) is 16.9 Å². The number of nitrogens with zero attached hydrogens (tertiary/aromatic N) is 2. The zero-order valence-electron chi connectivity index (χ0n) is 15.6. The molecule has 2 amide bonds. The Labute approximate surface area is 167 Å². The maximum atomic E-state index is 12.8. The highest BCUT2D eigenvalue weighted by molar-refractivity contribution is 6.21. The molecule has 0 fully saturated rings. The van der Waals surface area contributed by atoms with Crippen molar-refractivity contribution in [3.05, 3.63) is 72.4 Å². The number of nitrogen functional groups attached to an aromatic ring is 1. The SMILES string of the molecule is CC(=O)N(C(=O)/C(C#N)=C\Nc1cccc2c(O)cccc12)c1ccc(N)cc1. The first-order valence-corrected chi connectivity index (χ1v) is 8.70. The average molecular weight is 386 g/mol. The minimum atomic E-state index is -0.764. The molecule has 0 saturated heterocycles. The fourth-order valence-electron chi connectivity index (χ4n) is 2.90. The van der Waals surface area contributed by atoms with Crippen LogP contribution in [-0.2, 0) is 9.59 Å². The van der Waals surface area contributed by atoms with Gasteiger partial charge in [0.15, 0.2) is 0 Å². The summed E-state index contributed by atoms with van der Waals surface area (Å²) in [4.78, 5) is 25.8. The van der Waals surface area contributed by atoms with Crippen LogP contribution in [0.2, 0.25) is 0 Å². The van der Waals surface area contributed by atoms with Crippen LogP contribution < -0.4 is 16.0 Å². The van der Waals surface area contributed by atoms with E-state index in [0.717, 1.165) is 10.3 Å². The van der Waals surface area contributed by atoms with E-state index in [1.54, 1.807) is 48.5 Å². The lowest BCUT2D eigenvalue weighted by Crippen LogP contribution is -2.36. The van der Waals surface area contributed by atoms with Crippen LogP contribution in [0.1, 0.15) is 6.92 Å². The number of fused-ring (bicyclic) bond motifs is 1. The second kappa shape index (κ2) is 8.15. The van der Waals surface area contributed by atoms with Crippen molar-refractivity contribution in [1.82, 2.24) is 0 Å². The molecule has 0 radical (unpaired) electrons. The van der Waals surface area contributed by atoms with Gasteiger partial charge in [0, 0.05) is 35.3 Å². The zero-order valence-corrected chi connectivity index (χ0v) is 15.6. The summed E-state index contributed by atoms with van der Waals surface area (Å²) in [6.07, 6.45) is 1.24. The van der Waals surface area contributed by atoms with Gasteiger partial charge in [0.05, 0.1) is 5.69 Å². The molecule has 0 bridgehead atoms. The van der Waals surface area contributed by atoms with E-state index in [2.05, 4.69) is 5.32 Å². The Morgan fingerprint density at radius 1 is 1.07 bits per heavy atom. The Morgan fingerprint density at radius 2 is 1.72 bits per heavy atom. The number of nitrogens with two attached hydrogens (primary N) is 1. The fraction of sp³-hybridized carbons (Fsp3) is 0.0455. The maximum absolute atomic E-state index is 12.8. The molecule has 0 aromatic heterocycles. The summed E-state index contributed by atoms with van der Waals surface area (Å²) in [7, 11) is 0. The van der Waals surface area contributed by atoms with Crippen molar-refractivity contribution in [1.29, 1.82) is 5.26 Å². The summed E-state index contributed by atoms with van der Waals surface area (Å²) in [6, 6.07) is 18.3. The van der Waals surface area contributed by atoms with Crippen molar-refractivity contribution < 1.29 is 14.7 Å². The molecule has 0 saturated carbocycles. The smallest absolute Gasteiger partial charge is 0.277 e. The number of amides is 2. The van der Waals surface area contributed by atoms with Crippen molar-refractivity contribution in [2.24, 2.45) is 0 Å². The molecule has 0 atom stereocenters. The van der Waals surface area contributed by atoms with E-state index >= 15 is 0 Å². The number of nitrogens with one attached hydrogen (secondary N) is 1. The van der Waals surface area contributed by atoms with Gasteiger partial charge in [-0.15, -0.1) is 0 Å². The van der Waals surface area contributed by atoms with Gasteiger partial charge in [-0.1, -0.05) is 24.3 Å². The monoisotopic (exact) mass is 386 g/mol. The number of hydrogen-bond acceptors (Lipinski definition) is 6. The van der Waals surface area contributed by atoms with E-state index in [-0.39, 0.29) is 11.3 Å². The second-order valence-corrected chi connectivity index (χ2v) is 6.24. The summed E-state index contributed by atoms with van der Waals surface area (Å²) < 4.78 is 0. The van der Waals surface area contributed by atoms with Crippen molar-refractivity contribution in [3.8, 4) is 11.8 Å². The number of rotatable bonds is 4. The summed E-state index contributed by atoms with van der Waals surface area (Å²) in [5.74, 6) is -1.17. The van der Waals surface area contributed by atoms with Crippen molar-refractivity contribution in [3.63, 3.8) is 0 Å². The first kappa shape index (κ1) is 19.5. The molecule has 4 N–H and O–H groups in total. The van der Waals surface area contributed by atoms with Crippen LogP contribution >= 0.6 is 0 Å². The lowest BCUT2D eigenvalue weighted by Gasteiger charge is -2.19. The molecular weight excluding hydrogens is 368 g/mol. The third-order valence-corrected chi connectivity index (χ3v) is 4.29. The van der Waals surface area contributed by atoms with Crippen molar-refractivity contribution in [2.75, 3.05) is 16.0 Å². The molecule has 0 unspecified atom stereocenters. The van der Waals surface area contributed by atoms with E-state index < -0.39 is 11.8 Å². The summed E-state index contributed by atoms with van der Waals surface area (Å²) in [5, 5.41) is 23.7. The van der Waals surface area contributed by atoms with Gasteiger partial charge in [-0.05, 0) is 36.4 Å². The lowest BCUT2D eigenvalue weighted by atomic mass is 10.1. The lowest BCUT2D eigenvalue weighted by molar-refractivity contribution is -0.123. The third kappa shape index (κ3) is 4.01. The third-order valence-electron chi connectivity index (χ3n) is 4.29. The van der Waals surface area contributed by atoms with Gasteiger partial charge in [-0.2, -0.15) is 5.26 Å². The maximum Gasteiger partial charge on any atom is 0.277 e. The van der Waals surface area contributed by atoms with Crippen molar-refractivity contribution >= 4 is 39.6 Å². The minimum Gasteiger partial charge on any atom is -0.507 e. The number of phenols is 1. The quantitative estimate of drug-likeness (QED) is 0.358. The number of nitriles is 1. The van der Waals surface area contributed by atoms with Gasteiger partial charge in [0.1, 0.15) is 17.4 Å². The van der Waals surface area contributed by atoms with Gasteiger partial charge < -0.3 is 16.2 Å². The molecule has 144 valence electrons. The molecule has 0 aliphatic rings. The van der Waals surface area contributed by atoms with E-state index in [4.69, 9.17) is 5.73 Å². The van der Waals surface area contributed by atoms with E-state index in [9.17, 15) is 20.0 Å². The fourth-order valence-corrected chi connectivity index (χ4v) is 2.90. The molecule has 7 heteroatoms. The van der Waals surface area contributed by atoms with E-state index in [1.807, 2.05) is 6.07 Å². The predicted octanol–water partition coefficient (Wildman–Crippen LogP) is 3.53. The molecule has 3 aromatic rings. The highest BCUT2D eigenvalue weighted by atomic mass is 16.3. The van der Waals surface area contributed by atoms with Crippen molar-refractivity contribution in [2.45, 2.75) is 6.92 Å². The highest BCUT2D eigenvalue weighted by Gasteiger charge is 2.24. The van der Waals surface area contributed by atoms with Gasteiger partial charge in [0.2, 0.25) is 5.91 Å². The van der Waals surface area contributed by atoms with Crippen LogP contribution in [0.25, 0.3) is 10.8 Å². The molecule has 0 heterocycles.